The van der Waals surface area contributed by atoms with Crippen LogP contribution in [0.25, 0.3) is 11.1 Å². The van der Waals surface area contributed by atoms with E-state index in [1.807, 2.05) is 13.1 Å². The van der Waals surface area contributed by atoms with E-state index in [1.165, 1.54) is 16.7 Å². The van der Waals surface area contributed by atoms with E-state index < -0.39 is 0 Å². The number of likely N-dealkylation sites (N-methyl/N-ethyl adjacent to an activating group) is 1. The van der Waals surface area contributed by atoms with Crippen molar-refractivity contribution in [2.45, 2.75) is 25.5 Å². The standard InChI is InChI=1S/C19H23NO/c1-14-12-13-21-19(14)18(20-2)17-10-8-16(9-11-17)15-6-4-3-5-7-15/h3-11,14,18-20H,12-13H2,1-2H3. The second kappa shape index (κ2) is 6.42. The maximum atomic E-state index is 5.93. The maximum absolute atomic E-state index is 5.93. The van der Waals surface area contributed by atoms with E-state index in [9.17, 15) is 0 Å². The van der Waals surface area contributed by atoms with Gasteiger partial charge in [-0.25, -0.2) is 0 Å². The van der Waals surface area contributed by atoms with Crippen molar-refractivity contribution in [1.29, 1.82) is 0 Å². The van der Waals surface area contributed by atoms with Gasteiger partial charge in [0, 0.05) is 6.61 Å². The molecule has 3 rings (SSSR count). The lowest BCUT2D eigenvalue weighted by Gasteiger charge is -2.26. The van der Waals surface area contributed by atoms with Crippen LogP contribution in [0.1, 0.15) is 24.9 Å². The molecule has 2 aromatic rings. The summed E-state index contributed by atoms with van der Waals surface area (Å²) in [4.78, 5) is 0. The number of hydrogen-bond donors (Lipinski definition) is 1. The minimum Gasteiger partial charge on any atom is -0.376 e. The SMILES string of the molecule is CNC(c1ccc(-c2ccccc2)cc1)C1OCCC1C. The number of hydrogen-bond acceptors (Lipinski definition) is 2. The van der Waals surface area contributed by atoms with Crippen molar-refractivity contribution < 1.29 is 4.74 Å². The van der Waals surface area contributed by atoms with Crippen molar-refractivity contribution in [2.75, 3.05) is 13.7 Å². The highest BCUT2D eigenvalue weighted by Gasteiger charge is 2.32. The Bertz CT molecular complexity index is 564. The summed E-state index contributed by atoms with van der Waals surface area (Å²) in [7, 11) is 2.02. The first-order chi connectivity index (χ1) is 10.3. The fraction of sp³-hybridized carbons (Fsp3) is 0.368. The summed E-state index contributed by atoms with van der Waals surface area (Å²) < 4.78 is 5.93. The second-order valence-corrected chi connectivity index (χ2v) is 5.86. The van der Waals surface area contributed by atoms with Crippen molar-refractivity contribution in [3.63, 3.8) is 0 Å². The molecule has 1 fully saturated rings. The predicted octanol–water partition coefficient (Wildman–Crippen LogP) is 4.04. The van der Waals surface area contributed by atoms with E-state index in [-0.39, 0.29) is 12.1 Å². The summed E-state index contributed by atoms with van der Waals surface area (Å²) in [6.45, 7) is 3.16. The molecule has 1 aliphatic heterocycles. The molecule has 2 nitrogen and oxygen atoms in total. The van der Waals surface area contributed by atoms with Gasteiger partial charge in [0.05, 0.1) is 12.1 Å². The minimum absolute atomic E-state index is 0.271. The van der Waals surface area contributed by atoms with E-state index in [0.717, 1.165) is 13.0 Å². The average molecular weight is 281 g/mol. The van der Waals surface area contributed by atoms with Gasteiger partial charge in [-0.2, -0.15) is 0 Å². The molecule has 0 aromatic heterocycles. The lowest BCUT2D eigenvalue weighted by molar-refractivity contribution is 0.0631. The summed E-state index contributed by atoms with van der Waals surface area (Å²) >= 11 is 0. The van der Waals surface area contributed by atoms with Crippen LogP contribution in [0.3, 0.4) is 0 Å². The Balaban J connectivity index is 1.82. The molecular weight excluding hydrogens is 258 g/mol. The highest BCUT2D eigenvalue weighted by molar-refractivity contribution is 5.63. The summed E-state index contributed by atoms with van der Waals surface area (Å²) in [6.07, 6.45) is 1.43. The lowest BCUT2D eigenvalue weighted by Crippen LogP contribution is -2.32. The van der Waals surface area contributed by atoms with Crippen LogP contribution in [-0.2, 0) is 4.74 Å². The Kier molecular flexibility index (Phi) is 4.37. The molecule has 110 valence electrons. The lowest BCUT2D eigenvalue weighted by atomic mass is 9.91. The molecule has 3 unspecified atom stereocenters. The third kappa shape index (κ3) is 3.02. The zero-order chi connectivity index (χ0) is 14.7. The Hall–Kier alpha value is -1.64. The highest BCUT2D eigenvalue weighted by atomic mass is 16.5. The average Bonchev–Trinajstić information content (AvgIpc) is 2.96. The Morgan fingerprint density at radius 3 is 2.24 bits per heavy atom. The predicted molar refractivity (Wildman–Crippen MR) is 87.2 cm³/mol. The first kappa shape index (κ1) is 14.3. The Morgan fingerprint density at radius 2 is 1.67 bits per heavy atom. The van der Waals surface area contributed by atoms with Gasteiger partial charge in [0.2, 0.25) is 0 Å². The van der Waals surface area contributed by atoms with Crippen LogP contribution in [0, 0.1) is 5.92 Å². The minimum atomic E-state index is 0.271. The van der Waals surface area contributed by atoms with Crippen LogP contribution in [0.4, 0.5) is 0 Å². The zero-order valence-corrected chi connectivity index (χ0v) is 12.8. The molecule has 1 aliphatic rings. The van der Waals surface area contributed by atoms with Gasteiger partial charge in [-0.3, -0.25) is 0 Å². The van der Waals surface area contributed by atoms with Crippen LogP contribution in [-0.4, -0.2) is 19.8 Å². The maximum Gasteiger partial charge on any atom is 0.0795 e. The quantitative estimate of drug-likeness (QED) is 0.913. The van der Waals surface area contributed by atoms with Crippen molar-refractivity contribution in [1.82, 2.24) is 5.32 Å². The highest BCUT2D eigenvalue weighted by Crippen LogP contribution is 2.32. The van der Waals surface area contributed by atoms with E-state index in [1.54, 1.807) is 0 Å². The molecule has 2 aromatic carbocycles. The van der Waals surface area contributed by atoms with Gasteiger partial charge in [0.15, 0.2) is 0 Å². The molecule has 1 saturated heterocycles. The molecular formula is C19H23NO. The molecule has 0 spiro atoms. The van der Waals surface area contributed by atoms with E-state index >= 15 is 0 Å². The summed E-state index contributed by atoms with van der Waals surface area (Å²) in [5, 5.41) is 3.42. The molecule has 0 bridgehead atoms. The first-order valence-corrected chi connectivity index (χ1v) is 7.74. The molecule has 1 heterocycles. The monoisotopic (exact) mass is 281 g/mol. The van der Waals surface area contributed by atoms with Gasteiger partial charge >= 0.3 is 0 Å². The van der Waals surface area contributed by atoms with Crippen molar-refractivity contribution in [3.8, 4) is 11.1 Å². The normalized spacial score (nSPS) is 23.1. The molecule has 3 atom stereocenters. The number of rotatable bonds is 4. The van der Waals surface area contributed by atoms with Crippen molar-refractivity contribution >= 4 is 0 Å². The Labute approximate surface area is 127 Å². The topological polar surface area (TPSA) is 21.3 Å². The fourth-order valence-electron chi connectivity index (χ4n) is 3.18. The van der Waals surface area contributed by atoms with Crippen LogP contribution >= 0.6 is 0 Å². The first-order valence-electron chi connectivity index (χ1n) is 7.74. The van der Waals surface area contributed by atoms with Crippen molar-refractivity contribution in [2.24, 2.45) is 5.92 Å². The zero-order valence-electron chi connectivity index (χ0n) is 12.8. The number of ether oxygens (including phenoxy) is 1. The fourth-order valence-corrected chi connectivity index (χ4v) is 3.18. The number of nitrogens with one attached hydrogen (secondary N) is 1. The summed E-state index contributed by atoms with van der Waals surface area (Å²) in [5.41, 5.74) is 3.82. The Morgan fingerprint density at radius 1 is 1.00 bits per heavy atom. The van der Waals surface area contributed by atoms with Gasteiger partial charge in [-0.15, -0.1) is 0 Å². The third-order valence-corrected chi connectivity index (χ3v) is 4.46. The van der Waals surface area contributed by atoms with Gasteiger partial charge in [0.25, 0.3) is 0 Å². The molecule has 0 amide bonds. The smallest absolute Gasteiger partial charge is 0.0795 e. The molecule has 1 N–H and O–H groups in total. The third-order valence-electron chi connectivity index (χ3n) is 4.46. The molecule has 0 aliphatic carbocycles. The van der Waals surface area contributed by atoms with Gasteiger partial charge < -0.3 is 10.1 Å². The summed E-state index contributed by atoms with van der Waals surface area (Å²) in [5.74, 6) is 0.608. The summed E-state index contributed by atoms with van der Waals surface area (Å²) in [6, 6.07) is 19.6. The van der Waals surface area contributed by atoms with E-state index in [4.69, 9.17) is 4.74 Å². The molecule has 2 heteroatoms. The van der Waals surface area contributed by atoms with E-state index in [0.29, 0.717) is 5.92 Å². The van der Waals surface area contributed by atoms with Crippen molar-refractivity contribution in [3.05, 3.63) is 60.2 Å². The van der Waals surface area contributed by atoms with Crippen LogP contribution in [0.5, 0.6) is 0 Å². The van der Waals surface area contributed by atoms with Gasteiger partial charge in [-0.05, 0) is 36.1 Å². The second-order valence-electron chi connectivity index (χ2n) is 5.86. The largest absolute Gasteiger partial charge is 0.376 e. The molecule has 0 saturated carbocycles. The molecule has 21 heavy (non-hydrogen) atoms. The van der Waals surface area contributed by atoms with E-state index in [2.05, 4.69) is 60.8 Å². The van der Waals surface area contributed by atoms with Gasteiger partial charge in [0.1, 0.15) is 0 Å². The van der Waals surface area contributed by atoms with Gasteiger partial charge in [-0.1, -0.05) is 61.5 Å². The molecule has 0 radical (unpaired) electrons. The number of benzene rings is 2. The van der Waals surface area contributed by atoms with Crippen LogP contribution < -0.4 is 5.32 Å². The van der Waals surface area contributed by atoms with Crippen LogP contribution in [0.15, 0.2) is 54.6 Å². The van der Waals surface area contributed by atoms with Crippen LogP contribution in [0.2, 0.25) is 0 Å².